The standard InChI is InChI=1S/C20H20N4O3S/c1-12-15-19(21-14-10-6-3-7-11-24(14)20(15)27)28-16(12)18(26)23-22-17(25)13-8-4-2-5-9-13/h2,4-5,8-9H,3,6-7,10-11H2,1H3,(H,22,25)(H,23,26). The maximum atomic E-state index is 13.0. The lowest BCUT2D eigenvalue weighted by molar-refractivity contribution is 0.0848. The fourth-order valence-corrected chi connectivity index (χ4v) is 4.54. The van der Waals surface area contributed by atoms with E-state index in [0.29, 0.717) is 32.8 Å². The number of fused-ring (bicyclic) bond motifs is 2. The number of nitrogens with one attached hydrogen (secondary N) is 2. The highest BCUT2D eigenvalue weighted by Crippen LogP contribution is 2.28. The third kappa shape index (κ3) is 3.31. The van der Waals surface area contributed by atoms with Gasteiger partial charge in [-0.1, -0.05) is 24.6 Å². The Morgan fingerprint density at radius 2 is 1.82 bits per heavy atom. The number of aromatic nitrogens is 2. The molecule has 0 bridgehead atoms. The van der Waals surface area contributed by atoms with E-state index in [-0.39, 0.29) is 5.56 Å². The Morgan fingerprint density at radius 3 is 2.61 bits per heavy atom. The van der Waals surface area contributed by atoms with Gasteiger partial charge in [-0.15, -0.1) is 11.3 Å². The van der Waals surface area contributed by atoms with Gasteiger partial charge in [-0.25, -0.2) is 4.98 Å². The molecular weight excluding hydrogens is 376 g/mol. The first kappa shape index (κ1) is 18.4. The van der Waals surface area contributed by atoms with Gasteiger partial charge >= 0.3 is 0 Å². The van der Waals surface area contributed by atoms with Gasteiger partial charge in [0.25, 0.3) is 17.4 Å². The van der Waals surface area contributed by atoms with E-state index in [9.17, 15) is 14.4 Å². The number of hydrazine groups is 1. The summed E-state index contributed by atoms with van der Waals surface area (Å²) in [6.07, 6.45) is 3.84. The number of hydrogen-bond donors (Lipinski definition) is 2. The second-order valence-corrected chi connectivity index (χ2v) is 7.81. The van der Waals surface area contributed by atoms with Crippen LogP contribution in [0.1, 0.15) is 50.7 Å². The molecule has 0 spiro atoms. The van der Waals surface area contributed by atoms with Crippen LogP contribution in [0.4, 0.5) is 0 Å². The minimum absolute atomic E-state index is 0.0805. The maximum Gasteiger partial charge on any atom is 0.280 e. The van der Waals surface area contributed by atoms with Crippen LogP contribution in [-0.4, -0.2) is 21.4 Å². The molecule has 8 heteroatoms. The highest BCUT2D eigenvalue weighted by atomic mass is 32.1. The molecule has 144 valence electrons. The molecule has 1 aromatic carbocycles. The van der Waals surface area contributed by atoms with Crippen LogP contribution in [0.25, 0.3) is 10.2 Å². The zero-order chi connectivity index (χ0) is 19.7. The molecule has 0 aliphatic carbocycles. The third-order valence-electron chi connectivity index (χ3n) is 4.94. The number of hydrogen-bond acceptors (Lipinski definition) is 5. The number of aryl methyl sites for hydroxylation is 2. The van der Waals surface area contributed by atoms with Gasteiger partial charge in [0.15, 0.2) is 0 Å². The summed E-state index contributed by atoms with van der Waals surface area (Å²) in [5.41, 5.74) is 5.81. The van der Waals surface area contributed by atoms with Gasteiger partial charge < -0.3 is 0 Å². The van der Waals surface area contributed by atoms with Crippen LogP contribution in [0.2, 0.25) is 0 Å². The Balaban J connectivity index is 1.61. The zero-order valence-corrected chi connectivity index (χ0v) is 16.3. The van der Waals surface area contributed by atoms with E-state index in [1.807, 2.05) is 6.07 Å². The summed E-state index contributed by atoms with van der Waals surface area (Å²) in [6, 6.07) is 8.61. The Kier molecular flexibility index (Phi) is 4.95. The Bertz CT molecular complexity index is 1120. The van der Waals surface area contributed by atoms with Crippen molar-refractivity contribution in [2.24, 2.45) is 0 Å². The van der Waals surface area contributed by atoms with Crippen LogP contribution >= 0.6 is 11.3 Å². The first-order chi connectivity index (χ1) is 13.6. The van der Waals surface area contributed by atoms with Crippen molar-refractivity contribution in [3.8, 4) is 0 Å². The van der Waals surface area contributed by atoms with Crippen molar-refractivity contribution in [2.45, 2.75) is 39.2 Å². The zero-order valence-electron chi connectivity index (χ0n) is 15.4. The van der Waals surface area contributed by atoms with Crippen molar-refractivity contribution in [1.29, 1.82) is 0 Å². The Morgan fingerprint density at radius 1 is 1.07 bits per heavy atom. The lowest BCUT2D eigenvalue weighted by Crippen LogP contribution is -2.41. The second kappa shape index (κ2) is 7.55. The molecule has 0 saturated carbocycles. The van der Waals surface area contributed by atoms with Gasteiger partial charge in [-0.3, -0.25) is 29.8 Å². The molecule has 0 atom stereocenters. The Hall–Kier alpha value is -3.00. The van der Waals surface area contributed by atoms with Crippen LogP contribution < -0.4 is 16.4 Å². The maximum absolute atomic E-state index is 13.0. The predicted molar refractivity (Wildman–Crippen MR) is 108 cm³/mol. The lowest BCUT2D eigenvalue weighted by atomic mass is 10.2. The van der Waals surface area contributed by atoms with E-state index in [4.69, 9.17) is 0 Å². The van der Waals surface area contributed by atoms with E-state index < -0.39 is 11.8 Å². The minimum Gasteiger partial charge on any atom is -0.296 e. The predicted octanol–water partition coefficient (Wildman–Crippen LogP) is 2.57. The average molecular weight is 396 g/mol. The molecule has 2 N–H and O–H groups in total. The summed E-state index contributed by atoms with van der Waals surface area (Å²) in [5, 5.41) is 0.496. The summed E-state index contributed by atoms with van der Waals surface area (Å²) in [6.45, 7) is 2.42. The molecule has 0 fully saturated rings. The van der Waals surface area contributed by atoms with E-state index in [1.165, 1.54) is 11.3 Å². The molecule has 0 unspecified atom stereocenters. The molecule has 2 amide bonds. The van der Waals surface area contributed by atoms with Crippen molar-refractivity contribution < 1.29 is 9.59 Å². The fraction of sp³-hybridized carbons (Fsp3) is 0.300. The SMILES string of the molecule is Cc1c(C(=O)NNC(=O)c2ccccc2)sc2nc3n(c(=O)c12)CCCCC3. The van der Waals surface area contributed by atoms with E-state index in [2.05, 4.69) is 15.8 Å². The number of benzene rings is 1. The van der Waals surface area contributed by atoms with Crippen LogP contribution in [-0.2, 0) is 13.0 Å². The normalized spacial score (nSPS) is 13.6. The van der Waals surface area contributed by atoms with Gasteiger partial charge in [0.2, 0.25) is 0 Å². The number of carbonyl (C=O) groups excluding carboxylic acids is 2. The summed E-state index contributed by atoms with van der Waals surface area (Å²) < 4.78 is 1.74. The van der Waals surface area contributed by atoms with E-state index >= 15 is 0 Å². The highest BCUT2D eigenvalue weighted by Gasteiger charge is 2.22. The lowest BCUT2D eigenvalue weighted by Gasteiger charge is -2.08. The number of rotatable bonds is 2. The summed E-state index contributed by atoms with van der Waals surface area (Å²) in [4.78, 5) is 43.3. The van der Waals surface area contributed by atoms with Gasteiger partial charge in [-0.2, -0.15) is 0 Å². The van der Waals surface area contributed by atoms with Crippen LogP contribution in [0, 0.1) is 6.92 Å². The van der Waals surface area contributed by atoms with Crippen molar-refractivity contribution in [2.75, 3.05) is 0 Å². The van der Waals surface area contributed by atoms with Gasteiger partial charge in [0, 0.05) is 18.5 Å². The van der Waals surface area contributed by atoms with Crippen molar-refractivity contribution in [1.82, 2.24) is 20.4 Å². The molecule has 0 radical (unpaired) electrons. The topological polar surface area (TPSA) is 93.1 Å². The molecule has 4 rings (SSSR count). The van der Waals surface area contributed by atoms with Gasteiger partial charge in [0.05, 0.1) is 10.3 Å². The first-order valence-corrected chi connectivity index (χ1v) is 10.1. The largest absolute Gasteiger partial charge is 0.296 e. The smallest absolute Gasteiger partial charge is 0.280 e. The summed E-state index contributed by atoms with van der Waals surface area (Å²) in [7, 11) is 0. The number of amides is 2. The summed E-state index contributed by atoms with van der Waals surface area (Å²) >= 11 is 1.19. The Labute approximate surface area is 165 Å². The van der Waals surface area contributed by atoms with E-state index in [1.54, 1.807) is 35.8 Å². The molecule has 7 nitrogen and oxygen atoms in total. The van der Waals surface area contributed by atoms with Crippen molar-refractivity contribution >= 4 is 33.4 Å². The minimum atomic E-state index is -0.454. The van der Waals surface area contributed by atoms with E-state index in [0.717, 1.165) is 31.5 Å². The third-order valence-corrected chi connectivity index (χ3v) is 6.13. The first-order valence-electron chi connectivity index (χ1n) is 9.25. The van der Waals surface area contributed by atoms with Crippen LogP contribution in [0.3, 0.4) is 0 Å². The number of carbonyl (C=O) groups is 2. The van der Waals surface area contributed by atoms with Crippen LogP contribution in [0.15, 0.2) is 35.1 Å². The fourth-order valence-electron chi connectivity index (χ4n) is 3.46. The van der Waals surface area contributed by atoms with Crippen molar-refractivity contribution in [3.63, 3.8) is 0 Å². The molecule has 0 saturated heterocycles. The average Bonchev–Trinajstić information content (AvgIpc) is 2.88. The molecule has 1 aliphatic heterocycles. The quantitative estimate of drug-likeness (QED) is 0.651. The molecule has 28 heavy (non-hydrogen) atoms. The van der Waals surface area contributed by atoms with Crippen molar-refractivity contribution in [3.05, 3.63) is 62.5 Å². The monoisotopic (exact) mass is 396 g/mol. The van der Waals surface area contributed by atoms with Crippen LogP contribution in [0.5, 0.6) is 0 Å². The molecular formula is C20H20N4O3S. The van der Waals surface area contributed by atoms with Gasteiger partial charge in [0.1, 0.15) is 10.7 Å². The molecule has 1 aliphatic rings. The number of thiophene rings is 1. The molecule has 2 aromatic heterocycles. The second-order valence-electron chi connectivity index (χ2n) is 6.81. The number of nitrogens with zero attached hydrogens (tertiary/aromatic N) is 2. The highest BCUT2D eigenvalue weighted by molar-refractivity contribution is 7.20. The molecule has 3 aromatic rings. The summed E-state index contributed by atoms with van der Waals surface area (Å²) in [5.74, 6) is -0.0670. The van der Waals surface area contributed by atoms with Gasteiger partial charge in [-0.05, 0) is 37.5 Å². The molecule has 3 heterocycles.